The van der Waals surface area contributed by atoms with E-state index >= 15 is 0 Å². The Hall–Kier alpha value is -3.71. The number of ether oxygens (including phenoxy) is 1. The number of nitrogens with zero attached hydrogens (tertiary/aromatic N) is 1. The first-order valence-corrected chi connectivity index (χ1v) is 10.4. The number of rotatable bonds is 9. The maximum absolute atomic E-state index is 11.8. The van der Waals surface area contributed by atoms with Crippen molar-refractivity contribution in [2.45, 2.75) is 18.2 Å². The summed E-state index contributed by atoms with van der Waals surface area (Å²) in [5, 5.41) is 18.8. The van der Waals surface area contributed by atoms with Crippen molar-refractivity contribution < 1.29 is 27.7 Å². The second kappa shape index (κ2) is 10.4. The third-order valence-corrected chi connectivity index (χ3v) is 4.77. The van der Waals surface area contributed by atoms with E-state index in [2.05, 4.69) is 16.2 Å². The zero-order valence-corrected chi connectivity index (χ0v) is 17.3. The van der Waals surface area contributed by atoms with E-state index in [4.69, 9.17) is 9.88 Å². The highest BCUT2D eigenvalue weighted by Crippen LogP contribution is 2.27. The summed E-state index contributed by atoms with van der Waals surface area (Å²) in [5.41, 5.74) is 4.86. The van der Waals surface area contributed by atoms with Gasteiger partial charge in [-0.2, -0.15) is 0 Å². The van der Waals surface area contributed by atoms with Crippen LogP contribution in [0.5, 0.6) is 5.75 Å². The molecule has 2 aromatic carbocycles. The summed E-state index contributed by atoms with van der Waals surface area (Å²) in [6.07, 6.45) is -0.132. The van der Waals surface area contributed by atoms with E-state index in [0.717, 1.165) is 17.7 Å². The molecule has 0 bridgehead atoms. The molecule has 0 unspecified atom stereocenters. The number of nitro benzene ring substituents is 1. The van der Waals surface area contributed by atoms with Crippen LogP contribution in [0.1, 0.15) is 12.0 Å². The molecule has 0 fully saturated rings. The Bertz CT molecular complexity index is 1090. The maximum atomic E-state index is 11.8. The third-order valence-electron chi connectivity index (χ3n) is 3.86. The summed E-state index contributed by atoms with van der Waals surface area (Å²) in [4.78, 5) is 33.5. The molecule has 0 atom stereocenters. The summed E-state index contributed by atoms with van der Waals surface area (Å²) < 4.78 is 28.0. The minimum atomic E-state index is -4.10. The highest BCUT2D eigenvalue weighted by Gasteiger charge is 2.19. The molecular weight excluding hydrogens is 430 g/mol. The molecule has 12 nitrogen and oxygen atoms in total. The minimum absolute atomic E-state index is 0.0146. The predicted molar refractivity (Wildman–Crippen MR) is 111 cm³/mol. The van der Waals surface area contributed by atoms with Gasteiger partial charge >= 0.3 is 0 Å². The van der Waals surface area contributed by atoms with Crippen LogP contribution in [0, 0.1) is 17.0 Å². The quantitative estimate of drug-likeness (QED) is 0.315. The zero-order valence-electron chi connectivity index (χ0n) is 16.5. The lowest BCUT2D eigenvalue weighted by Crippen LogP contribution is -2.44. The Morgan fingerprint density at radius 3 is 2.48 bits per heavy atom. The van der Waals surface area contributed by atoms with E-state index in [9.17, 15) is 28.1 Å². The van der Waals surface area contributed by atoms with Gasteiger partial charge in [-0.15, -0.1) is 0 Å². The fraction of sp³-hybridized carbons (Fsp3) is 0.222. The summed E-state index contributed by atoms with van der Waals surface area (Å²) in [6, 6.07) is 10.2. The molecule has 2 amide bonds. The summed E-state index contributed by atoms with van der Waals surface area (Å²) in [7, 11) is -4.10. The van der Waals surface area contributed by atoms with Crippen molar-refractivity contribution in [1.82, 2.24) is 10.9 Å². The molecular formula is C18H21N5O7S. The van der Waals surface area contributed by atoms with Crippen LogP contribution in [0.15, 0.2) is 47.4 Å². The number of benzene rings is 2. The number of hydrogen-bond acceptors (Lipinski definition) is 8. The van der Waals surface area contributed by atoms with Crippen LogP contribution in [0.25, 0.3) is 0 Å². The Morgan fingerprint density at radius 2 is 1.84 bits per heavy atom. The number of nitrogens with one attached hydrogen (secondary N) is 3. The van der Waals surface area contributed by atoms with Gasteiger partial charge < -0.3 is 10.1 Å². The van der Waals surface area contributed by atoms with Gasteiger partial charge in [0.15, 0.2) is 6.61 Å². The van der Waals surface area contributed by atoms with Crippen LogP contribution < -0.4 is 26.0 Å². The average molecular weight is 451 g/mol. The molecule has 5 N–H and O–H groups in total. The van der Waals surface area contributed by atoms with E-state index in [-0.39, 0.29) is 25.3 Å². The topological polar surface area (TPSA) is 183 Å². The van der Waals surface area contributed by atoms with Crippen molar-refractivity contribution in [1.29, 1.82) is 0 Å². The van der Waals surface area contributed by atoms with Crippen molar-refractivity contribution in [3.05, 3.63) is 58.1 Å². The van der Waals surface area contributed by atoms with Crippen molar-refractivity contribution in [2.75, 3.05) is 18.5 Å². The Labute approximate surface area is 177 Å². The summed E-state index contributed by atoms with van der Waals surface area (Å²) >= 11 is 0. The van der Waals surface area contributed by atoms with Gasteiger partial charge in [-0.05, 0) is 36.8 Å². The first kappa shape index (κ1) is 23.6. The minimum Gasteiger partial charge on any atom is -0.484 e. The molecule has 0 radical (unpaired) electrons. The SMILES string of the molecule is Cc1cccc(OCC(=O)NNC(=O)CCNc2ccc(S(N)(=O)=O)cc2[N+](=O)[O-])c1. The lowest BCUT2D eigenvalue weighted by Gasteiger charge is -2.10. The molecule has 0 saturated carbocycles. The average Bonchev–Trinajstić information content (AvgIpc) is 2.70. The van der Waals surface area contributed by atoms with Gasteiger partial charge in [-0.25, -0.2) is 13.6 Å². The number of carbonyl (C=O) groups excluding carboxylic acids is 2. The smallest absolute Gasteiger partial charge is 0.293 e. The highest BCUT2D eigenvalue weighted by molar-refractivity contribution is 7.89. The normalized spacial score (nSPS) is 10.8. The lowest BCUT2D eigenvalue weighted by atomic mass is 10.2. The van der Waals surface area contributed by atoms with Gasteiger partial charge in [0.2, 0.25) is 15.9 Å². The number of nitro groups is 1. The van der Waals surface area contributed by atoms with Gasteiger partial charge in [-0.1, -0.05) is 12.1 Å². The molecule has 166 valence electrons. The Morgan fingerprint density at radius 1 is 1.13 bits per heavy atom. The zero-order chi connectivity index (χ0) is 23.0. The van der Waals surface area contributed by atoms with Crippen molar-refractivity contribution in [2.24, 2.45) is 5.14 Å². The second-order valence-electron chi connectivity index (χ2n) is 6.36. The van der Waals surface area contributed by atoms with E-state index in [1.165, 1.54) is 6.07 Å². The van der Waals surface area contributed by atoms with Gasteiger partial charge in [0.1, 0.15) is 11.4 Å². The number of primary sulfonamides is 1. The number of carbonyl (C=O) groups is 2. The second-order valence-corrected chi connectivity index (χ2v) is 7.92. The van der Waals surface area contributed by atoms with Crippen LogP contribution in [0.3, 0.4) is 0 Å². The van der Waals surface area contributed by atoms with Gasteiger partial charge in [0, 0.05) is 19.0 Å². The maximum Gasteiger partial charge on any atom is 0.293 e. The predicted octanol–water partition coefficient (Wildman–Crippen LogP) is 0.579. The number of anilines is 1. The molecule has 2 rings (SSSR count). The van der Waals surface area contributed by atoms with Crippen LogP contribution in [-0.4, -0.2) is 38.3 Å². The Balaban J connectivity index is 1.79. The largest absolute Gasteiger partial charge is 0.484 e. The number of aryl methyl sites for hydroxylation is 1. The molecule has 31 heavy (non-hydrogen) atoms. The first-order valence-electron chi connectivity index (χ1n) is 8.88. The van der Waals surface area contributed by atoms with Crippen LogP contribution in [-0.2, 0) is 19.6 Å². The van der Waals surface area contributed by atoms with E-state index in [1.807, 2.05) is 13.0 Å². The lowest BCUT2D eigenvalue weighted by molar-refractivity contribution is -0.384. The number of nitrogens with two attached hydrogens (primary N) is 1. The molecule has 0 aliphatic rings. The monoisotopic (exact) mass is 451 g/mol. The first-order chi connectivity index (χ1) is 14.6. The van der Waals surface area contributed by atoms with Crippen LogP contribution in [0.4, 0.5) is 11.4 Å². The molecule has 0 heterocycles. The van der Waals surface area contributed by atoms with Crippen molar-refractivity contribution in [3.8, 4) is 5.75 Å². The number of amides is 2. The third kappa shape index (κ3) is 7.56. The van der Waals surface area contributed by atoms with E-state index in [0.29, 0.717) is 5.75 Å². The van der Waals surface area contributed by atoms with Crippen LogP contribution >= 0.6 is 0 Å². The number of sulfonamides is 1. The van der Waals surface area contributed by atoms with E-state index < -0.39 is 37.3 Å². The van der Waals surface area contributed by atoms with Crippen molar-refractivity contribution in [3.63, 3.8) is 0 Å². The summed E-state index contributed by atoms with van der Waals surface area (Å²) in [6.45, 7) is 1.56. The highest BCUT2D eigenvalue weighted by atomic mass is 32.2. The number of hydrogen-bond donors (Lipinski definition) is 4. The molecule has 2 aromatic rings. The molecule has 0 aromatic heterocycles. The fourth-order valence-corrected chi connectivity index (χ4v) is 2.93. The molecule has 0 saturated heterocycles. The summed E-state index contributed by atoms with van der Waals surface area (Å²) in [5.74, 6) is -0.613. The standard InChI is InChI=1S/C18H21N5O7S/c1-12-3-2-4-13(9-12)30-11-18(25)22-21-17(24)7-8-20-15-6-5-14(31(19,28)29)10-16(15)23(26)27/h2-6,9-10,20H,7-8,11H2,1H3,(H,21,24)(H,22,25)(H2,19,28,29). The molecule has 0 aliphatic heterocycles. The van der Waals surface area contributed by atoms with Gasteiger partial charge in [0.05, 0.1) is 9.82 Å². The fourth-order valence-electron chi connectivity index (χ4n) is 2.39. The molecule has 0 aliphatic carbocycles. The van der Waals surface area contributed by atoms with Gasteiger partial charge in [0.25, 0.3) is 11.6 Å². The Kier molecular flexibility index (Phi) is 7.88. The molecule has 13 heteroatoms. The van der Waals surface area contributed by atoms with Gasteiger partial charge in [-0.3, -0.25) is 30.6 Å². The number of hydrazine groups is 1. The van der Waals surface area contributed by atoms with E-state index in [1.54, 1.807) is 18.2 Å². The molecule has 0 spiro atoms. The van der Waals surface area contributed by atoms with Crippen LogP contribution in [0.2, 0.25) is 0 Å². The van der Waals surface area contributed by atoms with Crippen molar-refractivity contribution >= 4 is 33.2 Å².